The van der Waals surface area contributed by atoms with Gasteiger partial charge in [-0.3, -0.25) is 4.98 Å². The van der Waals surface area contributed by atoms with Crippen molar-refractivity contribution in [3.05, 3.63) is 36.5 Å². The first-order chi connectivity index (χ1) is 7.68. The maximum Gasteiger partial charge on any atom is 1.00 e. The number of benzene rings is 1. The van der Waals surface area contributed by atoms with Crippen LogP contribution in [0, 0.1) is 0 Å². The zero-order chi connectivity index (χ0) is 11.5. The van der Waals surface area contributed by atoms with Crippen molar-refractivity contribution in [3.8, 4) is 5.75 Å². The number of aliphatic carboxylic acids is 1. The first-order valence-electron chi connectivity index (χ1n) is 4.91. The smallest absolute Gasteiger partial charge is 1.00 e. The number of carboxylic acids is 1. The van der Waals surface area contributed by atoms with E-state index in [2.05, 4.69) is 4.98 Å². The van der Waals surface area contributed by atoms with Crippen LogP contribution in [0.25, 0.3) is 10.9 Å². The Kier molecular flexibility index (Phi) is 4.93. The molecule has 1 aromatic heterocycles. The monoisotopic (exact) mass is 241 g/mol. The van der Waals surface area contributed by atoms with Gasteiger partial charge in [0.15, 0.2) is 6.10 Å². The van der Waals surface area contributed by atoms with Gasteiger partial charge in [0, 0.05) is 11.6 Å². The summed E-state index contributed by atoms with van der Waals surface area (Å²) in [5.41, 5.74) is 0.679. The van der Waals surface area contributed by atoms with E-state index >= 15 is 0 Å². The predicted octanol–water partition coefficient (Wildman–Crippen LogP) is -0.797. The second-order valence-corrected chi connectivity index (χ2v) is 3.43. The topological polar surface area (TPSA) is 59.4 Å². The third-order valence-electron chi connectivity index (χ3n) is 2.25. The number of fused-ring (bicyclic) bond motifs is 1. The Morgan fingerprint density at radius 1 is 1.41 bits per heavy atom. The van der Waals surface area contributed by atoms with E-state index < -0.39 is 12.1 Å². The number of pyridine rings is 1. The van der Waals surface area contributed by atoms with Crippen LogP contribution in [0.5, 0.6) is 5.75 Å². The molecule has 0 radical (unpaired) electrons. The molecule has 1 N–H and O–H groups in total. The average molecular weight is 241 g/mol. The summed E-state index contributed by atoms with van der Waals surface area (Å²) >= 11 is 0. The number of nitrogens with zero attached hydrogens (tertiary/aromatic N) is 1. The second-order valence-electron chi connectivity index (χ2n) is 3.43. The van der Waals surface area contributed by atoms with Gasteiger partial charge >= 0.3 is 35.5 Å². The Bertz CT molecular complexity index is 530. The summed E-state index contributed by atoms with van der Waals surface area (Å²) < 4.78 is 5.33. The number of para-hydroxylation sites is 1. The molecule has 0 aliphatic heterocycles. The van der Waals surface area contributed by atoms with Crippen molar-refractivity contribution in [3.63, 3.8) is 0 Å². The zero-order valence-corrected chi connectivity index (χ0v) is 11.8. The molecule has 2 rings (SSSR count). The van der Waals surface area contributed by atoms with Gasteiger partial charge < -0.3 is 11.3 Å². The molecule has 0 saturated carbocycles. The fourth-order valence-electron chi connectivity index (χ4n) is 1.41. The number of carboxylic acid groups (broad SMARTS) is 1. The van der Waals surface area contributed by atoms with Crippen molar-refractivity contribution in [2.24, 2.45) is 0 Å². The Hall–Kier alpha value is -1.10. The quantitative estimate of drug-likeness (QED) is 0.715. The van der Waals surface area contributed by atoms with E-state index in [-0.39, 0.29) is 31.0 Å². The Labute approximate surface area is 122 Å². The molecule has 1 atom stereocenters. The molecule has 0 spiro atoms. The summed E-state index contributed by atoms with van der Waals surface area (Å²) in [6.07, 6.45) is 0.772. The molecule has 1 heterocycles. The fraction of sp³-hybridized carbons (Fsp3) is 0.167. The van der Waals surface area contributed by atoms with Crippen molar-refractivity contribution in [2.45, 2.75) is 13.0 Å². The summed E-state index contributed by atoms with van der Waals surface area (Å²) in [7, 11) is 0. The first-order valence-corrected chi connectivity index (χ1v) is 4.91. The van der Waals surface area contributed by atoms with E-state index in [0.717, 1.165) is 5.39 Å². The molecule has 84 valence electrons. The molecule has 17 heavy (non-hydrogen) atoms. The van der Waals surface area contributed by atoms with Crippen LogP contribution in [0.15, 0.2) is 36.5 Å². The molecule has 0 aliphatic carbocycles. The fourth-order valence-corrected chi connectivity index (χ4v) is 1.41. The van der Waals surface area contributed by atoms with Gasteiger partial charge in [0.25, 0.3) is 0 Å². The van der Waals surface area contributed by atoms with Crippen LogP contribution in [-0.4, -0.2) is 22.2 Å². The summed E-state index contributed by atoms with van der Waals surface area (Å²) in [6.45, 7) is 1.49. The van der Waals surface area contributed by atoms with E-state index in [9.17, 15) is 4.79 Å². The molecular weight excluding hydrogens is 229 g/mol. The summed E-state index contributed by atoms with van der Waals surface area (Å²) in [6, 6.07) is 9.16. The molecular formula is C12H12NNaO3. The Morgan fingerprint density at radius 3 is 2.82 bits per heavy atom. The standard InChI is InChI=1S/C12H11NO3.Na.H/c1-8(12(14)15)16-10-6-2-4-9-5-3-7-13-11(9)10;;/h2-8H,1H3,(H,14,15);;/q;+1;-1/t8-;;/m0../s1. The predicted molar refractivity (Wildman–Crippen MR) is 60.6 cm³/mol. The minimum Gasteiger partial charge on any atom is -1.00 e. The van der Waals surface area contributed by atoms with Gasteiger partial charge in [-0.1, -0.05) is 18.2 Å². The minimum atomic E-state index is -0.993. The summed E-state index contributed by atoms with van der Waals surface area (Å²) in [5, 5.41) is 9.70. The van der Waals surface area contributed by atoms with Crippen LogP contribution >= 0.6 is 0 Å². The number of aromatic nitrogens is 1. The van der Waals surface area contributed by atoms with E-state index in [1.54, 1.807) is 12.3 Å². The Morgan fingerprint density at radius 2 is 2.12 bits per heavy atom. The summed E-state index contributed by atoms with van der Waals surface area (Å²) in [4.78, 5) is 14.9. The van der Waals surface area contributed by atoms with Crippen LogP contribution < -0.4 is 34.3 Å². The number of hydrogen-bond acceptors (Lipinski definition) is 3. The molecule has 1 aromatic carbocycles. The van der Waals surface area contributed by atoms with Gasteiger partial charge in [-0.25, -0.2) is 4.79 Å². The molecule has 0 saturated heterocycles. The van der Waals surface area contributed by atoms with Crippen LogP contribution in [0.3, 0.4) is 0 Å². The molecule has 0 aliphatic rings. The van der Waals surface area contributed by atoms with Crippen LogP contribution in [0.4, 0.5) is 0 Å². The molecule has 0 fully saturated rings. The number of hydrogen-bond donors (Lipinski definition) is 1. The number of ether oxygens (including phenoxy) is 1. The minimum absolute atomic E-state index is 0. The van der Waals surface area contributed by atoms with E-state index in [1.165, 1.54) is 6.92 Å². The number of carbonyl (C=O) groups is 1. The van der Waals surface area contributed by atoms with E-state index in [4.69, 9.17) is 9.84 Å². The Balaban J connectivity index is 0.00000144. The van der Waals surface area contributed by atoms with Crippen molar-refractivity contribution in [2.75, 3.05) is 0 Å². The van der Waals surface area contributed by atoms with Gasteiger partial charge in [-0.15, -0.1) is 0 Å². The molecule has 5 heteroatoms. The van der Waals surface area contributed by atoms with Gasteiger partial charge in [0.05, 0.1) is 0 Å². The van der Waals surface area contributed by atoms with Crippen molar-refractivity contribution in [1.29, 1.82) is 0 Å². The van der Waals surface area contributed by atoms with E-state index in [0.29, 0.717) is 11.3 Å². The van der Waals surface area contributed by atoms with Crippen molar-refractivity contribution >= 4 is 16.9 Å². The van der Waals surface area contributed by atoms with Crippen LogP contribution in [0.1, 0.15) is 8.35 Å². The number of rotatable bonds is 3. The van der Waals surface area contributed by atoms with Crippen LogP contribution in [-0.2, 0) is 4.79 Å². The first kappa shape index (κ1) is 14.0. The summed E-state index contributed by atoms with van der Waals surface area (Å²) in [5.74, 6) is -0.499. The maximum absolute atomic E-state index is 10.7. The van der Waals surface area contributed by atoms with Crippen LogP contribution in [0.2, 0.25) is 0 Å². The van der Waals surface area contributed by atoms with Gasteiger partial charge in [-0.05, 0) is 19.1 Å². The molecule has 0 amide bonds. The van der Waals surface area contributed by atoms with Crippen molar-refractivity contribution < 1.29 is 45.6 Å². The molecule has 0 bridgehead atoms. The maximum atomic E-state index is 10.7. The largest absolute Gasteiger partial charge is 1.00 e. The average Bonchev–Trinajstić information content (AvgIpc) is 2.29. The third-order valence-corrected chi connectivity index (χ3v) is 2.25. The molecule has 0 unspecified atom stereocenters. The zero-order valence-electron chi connectivity index (χ0n) is 10.8. The molecule has 4 nitrogen and oxygen atoms in total. The SMILES string of the molecule is C[C@H](Oc1cccc2cccnc12)C(=O)O.[H-].[Na+]. The second kappa shape index (κ2) is 6.00. The van der Waals surface area contributed by atoms with Gasteiger partial charge in [-0.2, -0.15) is 0 Å². The molecule has 2 aromatic rings. The normalized spacial score (nSPS) is 11.6. The van der Waals surface area contributed by atoms with Crippen molar-refractivity contribution in [1.82, 2.24) is 4.98 Å². The third kappa shape index (κ3) is 3.19. The van der Waals surface area contributed by atoms with E-state index in [1.807, 2.05) is 24.3 Å². The van der Waals surface area contributed by atoms with Gasteiger partial charge in [0.1, 0.15) is 11.3 Å². The van der Waals surface area contributed by atoms with Gasteiger partial charge in [0.2, 0.25) is 0 Å².